The van der Waals surface area contributed by atoms with Gasteiger partial charge >= 0.3 is 0 Å². The Kier molecular flexibility index (Phi) is 3.47. The van der Waals surface area contributed by atoms with Crippen molar-refractivity contribution >= 4 is 15.9 Å². The van der Waals surface area contributed by atoms with Crippen molar-refractivity contribution in [2.24, 2.45) is 0 Å². The summed E-state index contributed by atoms with van der Waals surface area (Å²) in [5.41, 5.74) is 4.21. The van der Waals surface area contributed by atoms with Gasteiger partial charge in [0, 0.05) is 10.5 Å². The van der Waals surface area contributed by atoms with E-state index in [0.717, 1.165) is 0 Å². The summed E-state index contributed by atoms with van der Waals surface area (Å²) >= 11 is 3.66. The quantitative estimate of drug-likeness (QED) is 0.867. The lowest BCUT2D eigenvalue weighted by atomic mass is 9.98. The van der Waals surface area contributed by atoms with Gasteiger partial charge in [-0.15, -0.1) is 0 Å². The summed E-state index contributed by atoms with van der Waals surface area (Å²) in [4.78, 5) is 0. The first-order valence-electron chi connectivity index (χ1n) is 5.66. The van der Waals surface area contributed by atoms with Crippen molar-refractivity contribution in [2.75, 3.05) is 6.54 Å². The minimum absolute atomic E-state index is 0.693. The lowest BCUT2D eigenvalue weighted by molar-refractivity contribution is 0.601. The fourth-order valence-corrected chi connectivity index (χ4v) is 2.66. The molecule has 0 bridgehead atoms. The van der Waals surface area contributed by atoms with Gasteiger partial charge in [0.25, 0.3) is 0 Å². The molecule has 1 fully saturated rings. The Morgan fingerprint density at radius 2 is 2.20 bits per heavy atom. The van der Waals surface area contributed by atoms with Crippen LogP contribution < -0.4 is 5.32 Å². The van der Waals surface area contributed by atoms with Gasteiger partial charge in [-0.1, -0.05) is 28.1 Å². The van der Waals surface area contributed by atoms with Gasteiger partial charge in [0.15, 0.2) is 0 Å². The predicted octanol–water partition coefficient (Wildman–Crippen LogP) is 3.36. The average molecular weight is 268 g/mol. The first-order valence-corrected chi connectivity index (χ1v) is 6.45. The van der Waals surface area contributed by atoms with E-state index < -0.39 is 0 Å². The Balaban J connectivity index is 2.17. The number of benzene rings is 1. The maximum Gasteiger partial charge on any atom is 0.0236 e. The van der Waals surface area contributed by atoms with E-state index in [-0.39, 0.29) is 0 Å². The summed E-state index contributed by atoms with van der Waals surface area (Å²) in [7, 11) is 0. The Hall–Kier alpha value is -0.340. The van der Waals surface area contributed by atoms with Crippen molar-refractivity contribution in [1.82, 2.24) is 5.32 Å². The van der Waals surface area contributed by atoms with Crippen LogP contribution in [0.25, 0.3) is 0 Å². The zero-order chi connectivity index (χ0) is 10.8. The van der Waals surface area contributed by atoms with E-state index in [1.54, 1.807) is 0 Å². The van der Waals surface area contributed by atoms with E-state index in [0.29, 0.717) is 6.04 Å². The van der Waals surface area contributed by atoms with Crippen LogP contribution in [0.2, 0.25) is 0 Å². The van der Waals surface area contributed by atoms with Gasteiger partial charge in [0.05, 0.1) is 0 Å². The molecule has 1 nitrogen and oxygen atoms in total. The lowest BCUT2D eigenvalue weighted by Gasteiger charge is -2.14. The van der Waals surface area contributed by atoms with Gasteiger partial charge in [0.2, 0.25) is 0 Å². The van der Waals surface area contributed by atoms with Gasteiger partial charge in [0.1, 0.15) is 0 Å². The predicted molar refractivity (Wildman–Crippen MR) is 68.3 cm³/mol. The average Bonchev–Trinajstić information content (AvgIpc) is 2.72. The molecule has 0 saturated carbocycles. The fourth-order valence-electron chi connectivity index (χ4n) is 2.28. The Bertz CT molecular complexity index is 354. The number of rotatable bonds is 2. The SMILES string of the molecule is Cc1ccc(CC2CCCN2)c(C)c1Br. The van der Waals surface area contributed by atoms with Crippen LogP contribution >= 0.6 is 15.9 Å². The third kappa shape index (κ3) is 2.43. The van der Waals surface area contributed by atoms with E-state index in [9.17, 15) is 0 Å². The number of hydrogen-bond acceptors (Lipinski definition) is 1. The van der Waals surface area contributed by atoms with Crippen LogP contribution in [-0.2, 0) is 6.42 Å². The molecule has 1 aromatic rings. The molecule has 0 radical (unpaired) electrons. The maximum atomic E-state index is 3.66. The van der Waals surface area contributed by atoms with Crippen LogP contribution in [0.3, 0.4) is 0 Å². The minimum atomic E-state index is 0.693. The highest BCUT2D eigenvalue weighted by Gasteiger charge is 2.16. The topological polar surface area (TPSA) is 12.0 Å². The van der Waals surface area contributed by atoms with Crippen LogP contribution in [0.5, 0.6) is 0 Å². The fraction of sp³-hybridized carbons (Fsp3) is 0.538. The summed E-state index contributed by atoms with van der Waals surface area (Å²) in [6, 6.07) is 5.18. The highest BCUT2D eigenvalue weighted by Crippen LogP contribution is 2.25. The van der Waals surface area contributed by atoms with E-state index in [1.807, 2.05) is 0 Å². The summed E-state index contributed by atoms with van der Waals surface area (Å²) in [6.07, 6.45) is 3.83. The molecule has 0 spiro atoms. The second-order valence-corrected chi connectivity index (χ2v) is 5.27. The highest BCUT2D eigenvalue weighted by atomic mass is 79.9. The summed E-state index contributed by atoms with van der Waals surface area (Å²) in [5, 5.41) is 3.55. The van der Waals surface area contributed by atoms with E-state index in [1.165, 1.54) is 47.0 Å². The molecule has 15 heavy (non-hydrogen) atoms. The molecule has 1 aliphatic rings. The smallest absolute Gasteiger partial charge is 0.0236 e. The second-order valence-electron chi connectivity index (χ2n) is 4.48. The Morgan fingerprint density at radius 1 is 1.40 bits per heavy atom. The van der Waals surface area contributed by atoms with Crippen LogP contribution in [0.1, 0.15) is 29.5 Å². The number of halogens is 1. The van der Waals surface area contributed by atoms with Gasteiger partial charge in [-0.3, -0.25) is 0 Å². The number of aryl methyl sites for hydroxylation is 1. The summed E-state index contributed by atoms with van der Waals surface area (Å²) < 4.78 is 1.28. The summed E-state index contributed by atoms with van der Waals surface area (Å²) in [6.45, 7) is 5.55. The molecular weight excluding hydrogens is 250 g/mol. The number of nitrogens with one attached hydrogen (secondary N) is 1. The molecule has 2 heteroatoms. The summed E-state index contributed by atoms with van der Waals surface area (Å²) in [5.74, 6) is 0. The van der Waals surface area contributed by atoms with Crippen molar-refractivity contribution in [2.45, 2.75) is 39.2 Å². The third-order valence-electron chi connectivity index (χ3n) is 3.32. The zero-order valence-electron chi connectivity index (χ0n) is 9.44. The molecule has 82 valence electrons. The van der Waals surface area contributed by atoms with Gasteiger partial charge in [-0.25, -0.2) is 0 Å². The number of hydrogen-bond donors (Lipinski definition) is 1. The molecule has 1 aromatic carbocycles. The largest absolute Gasteiger partial charge is 0.314 e. The van der Waals surface area contributed by atoms with E-state index >= 15 is 0 Å². The Labute approximate surface area is 100 Å². The minimum Gasteiger partial charge on any atom is -0.314 e. The van der Waals surface area contributed by atoms with E-state index in [4.69, 9.17) is 0 Å². The van der Waals surface area contributed by atoms with Gasteiger partial charge < -0.3 is 5.32 Å². The first-order chi connectivity index (χ1) is 7.18. The third-order valence-corrected chi connectivity index (χ3v) is 4.54. The van der Waals surface area contributed by atoms with Crippen LogP contribution in [0.15, 0.2) is 16.6 Å². The monoisotopic (exact) mass is 267 g/mol. The van der Waals surface area contributed by atoms with Crippen LogP contribution in [0, 0.1) is 13.8 Å². The van der Waals surface area contributed by atoms with Crippen LogP contribution in [0.4, 0.5) is 0 Å². The molecule has 1 heterocycles. The molecule has 0 amide bonds. The molecule has 0 aromatic heterocycles. The van der Waals surface area contributed by atoms with Gasteiger partial charge in [-0.2, -0.15) is 0 Å². The second kappa shape index (κ2) is 4.67. The molecule has 1 saturated heterocycles. The standard InChI is InChI=1S/C13H18BrN/c1-9-5-6-11(10(2)13(9)14)8-12-4-3-7-15-12/h5-6,12,15H,3-4,7-8H2,1-2H3. The Morgan fingerprint density at radius 3 is 2.87 bits per heavy atom. The van der Waals surface area contributed by atoms with Crippen LogP contribution in [-0.4, -0.2) is 12.6 Å². The molecule has 1 unspecified atom stereocenters. The maximum absolute atomic E-state index is 3.66. The molecule has 1 N–H and O–H groups in total. The van der Waals surface area contributed by atoms with E-state index in [2.05, 4.69) is 47.2 Å². The lowest BCUT2D eigenvalue weighted by Crippen LogP contribution is -2.24. The van der Waals surface area contributed by atoms with Crippen molar-refractivity contribution in [3.8, 4) is 0 Å². The molecule has 1 aliphatic heterocycles. The highest BCUT2D eigenvalue weighted by molar-refractivity contribution is 9.10. The molecular formula is C13H18BrN. The first kappa shape index (κ1) is 11.2. The van der Waals surface area contributed by atoms with Crippen molar-refractivity contribution in [3.63, 3.8) is 0 Å². The zero-order valence-corrected chi connectivity index (χ0v) is 11.0. The molecule has 2 rings (SSSR count). The van der Waals surface area contributed by atoms with Crippen molar-refractivity contribution in [1.29, 1.82) is 0 Å². The molecule has 0 aliphatic carbocycles. The van der Waals surface area contributed by atoms with Crippen molar-refractivity contribution < 1.29 is 0 Å². The normalized spacial score (nSPS) is 20.9. The van der Waals surface area contributed by atoms with Crippen molar-refractivity contribution in [3.05, 3.63) is 33.3 Å². The van der Waals surface area contributed by atoms with Gasteiger partial charge in [-0.05, 0) is 56.3 Å². The molecule has 1 atom stereocenters.